The number of carbonyl (C=O) groups is 1. The minimum absolute atomic E-state index is 0.328. The van der Waals surface area contributed by atoms with Crippen LogP contribution in [0.15, 0.2) is 30.3 Å². The van der Waals surface area contributed by atoms with E-state index < -0.39 is 0 Å². The summed E-state index contributed by atoms with van der Waals surface area (Å²) in [5.41, 5.74) is 6.00. The molecule has 0 spiro atoms. The highest BCUT2D eigenvalue weighted by Gasteiger charge is 2.20. The number of methoxy groups -OCH3 is 1. The van der Waals surface area contributed by atoms with Gasteiger partial charge < -0.3 is 14.2 Å². The van der Waals surface area contributed by atoms with Gasteiger partial charge in [0.25, 0.3) is 0 Å². The van der Waals surface area contributed by atoms with Gasteiger partial charge in [-0.3, -0.25) is 0 Å². The van der Waals surface area contributed by atoms with Crippen LogP contribution >= 0.6 is 11.8 Å². The van der Waals surface area contributed by atoms with E-state index in [9.17, 15) is 4.79 Å². The zero-order valence-corrected chi connectivity index (χ0v) is 16.3. The molecule has 0 atom stereocenters. The molecule has 0 N–H and O–H groups in total. The predicted molar refractivity (Wildman–Crippen MR) is 105 cm³/mol. The summed E-state index contributed by atoms with van der Waals surface area (Å²) in [5, 5.41) is 0. The molecule has 0 amide bonds. The smallest absolute Gasteiger partial charge is 0.337 e. The third-order valence-corrected chi connectivity index (χ3v) is 5.16. The monoisotopic (exact) mass is 372 g/mol. The van der Waals surface area contributed by atoms with Crippen molar-refractivity contribution in [1.82, 2.24) is 0 Å². The number of fused-ring (bicyclic) bond motifs is 3. The highest BCUT2D eigenvalue weighted by atomic mass is 32.2. The predicted octanol–water partition coefficient (Wildman–Crippen LogP) is 4.61. The van der Waals surface area contributed by atoms with Crippen molar-refractivity contribution >= 4 is 17.7 Å². The Bertz CT molecular complexity index is 801. The second-order valence-electron chi connectivity index (χ2n) is 6.33. The van der Waals surface area contributed by atoms with E-state index in [1.54, 1.807) is 6.07 Å². The second kappa shape index (κ2) is 8.60. The van der Waals surface area contributed by atoms with Crippen LogP contribution in [-0.2, 0) is 22.7 Å². The molecule has 26 heavy (non-hydrogen) atoms. The van der Waals surface area contributed by atoms with Crippen molar-refractivity contribution < 1.29 is 19.0 Å². The van der Waals surface area contributed by atoms with E-state index in [2.05, 4.69) is 25.3 Å². The molecule has 0 aliphatic carbocycles. The number of carbonyl (C=O) groups excluding carboxylic acids is 1. The third-order valence-electron chi connectivity index (χ3n) is 4.47. The van der Waals surface area contributed by atoms with Crippen molar-refractivity contribution in [2.75, 3.05) is 25.7 Å². The van der Waals surface area contributed by atoms with Crippen molar-refractivity contribution in [2.24, 2.45) is 0 Å². The largest absolute Gasteiger partial charge is 0.494 e. The maximum absolute atomic E-state index is 11.9. The minimum atomic E-state index is -0.328. The van der Waals surface area contributed by atoms with Crippen LogP contribution in [0.5, 0.6) is 5.75 Å². The van der Waals surface area contributed by atoms with E-state index in [0.717, 1.165) is 45.7 Å². The zero-order chi connectivity index (χ0) is 18.5. The molecule has 5 heteroatoms. The van der Waals surface area contributed by atoms with Gasteiger partial charge in [0.2, 0.25) is 0 Å². The molecule has 3 rings (SSSR count). The van der Waals surface area contributed by atoms with E-state index in [1.165, 1.54) is 7.11 Å². The van der Waals surface area contributed by atoms with E-state index in [0.29, 0.717) is 25.4 Å². The van der Waals surface area contributed by atoms with Gasteiger partial charge >= 0.3 is 5.97 Å². The SMILES string of the molecule is COC(=O)c1ccc2c(c1)-c1c(C)cc(OCCCSC)cc1COC2. The number of rotatable bonds is 6. The molecule has 0 radical (unpaired) electrons. The molecular weight excluding hydrogens is 348 g/mol. The number of hydrogen-bond acceptors (Lipinski definition) is 5. The molecule has 0 bridgehead atoms. The Morgan fingerprint density at radius 2 is 2.00 bits per heavy atom. The van der Waals surface area contributed by atoms with Gasteiger partial charge in [0, 0.05) is 0 Å². The Balaban J connectivity index is 1.97. The summed E-state index contributed by atoms with van der Waals surface area (Å²) in [7, 11) is 1.40. The topological polar surface area (TPSA) is 44.8 Å². The molecular formula is C21H24O4S. The van der Waals surface area contributed by atoms with Crippen molar-refractivity contribution in [1.29, 1.82) is 0 Å². The van der Waals surface area contributed by atoms with Gasteiger partial charge in [-0.2, -0.15) is 11.8 Å². The molecule has 0 aromatic heterocycles. The third kappa shape index (κ3) is 4.05. The molecule has 0 fully saturated rings. The van der Waals surface area contributed by atoms with Crippen LogP contribution in [0.2, 0.25) is 0 Å². The molecule has 4 nitrogen and oxygen atoms in total. The van der Waals surface area contributed by atoms with Crippen LogP contribution in [0.4, 0.5) is 0 Å². The van der Waals surface area contributed by atoms with Gasteiger partial charge in [0.1, 0.15) is 5.75 Å². The first-order chi connectivity index (χ1) is 12.6. The van der Waals surface area contributed by atoms with Gasteiger partial charge in [-0.05, 0) is 77.4 Å². The Hall–Kier alpha value is -1.98. The highest BCUT2D eigenvalue weighted by molar-refractivity contribution is 7.98. The van der Waals surface area contributed by atoms with Crippen LogP contribution in [0, 0.1) is 6.92 Å². The summed E-state index contributed by atoms with van der Waals surface area (Å²) in [6, 6.07) is 9.76. The zero-order valence-electron chi connectivity index (χ0n) is 15.5. The molecule has 2 aromatic rings. The van der Waals surface area contributed by atoms with Crippen LogP contribution in [0.25, 0.3) is 11.1 Å². The van der Waals surface area contributed by atoms with E-state index in [4.69, 9.17) is 14.2 Å². The van der Waals surface area contributed by atoms with E-state index in [-0.39, 0.29) is 5.97 Å². The molecule has 1 aliphatic heterocycles. The highest BCUT2D eigenvalue weighted by Crippen LogP contribution is 2.37. The molecule has 1 heterocycles. The minimum Gasteiger partial charge on any atom is -0.494 e. The fraction of sp³-hybridized carbons (Fsp3) is 0.381. The normalized spacial score (nSPS) is 12.7. The molecule has 138 valence electrons. The van der Waals surface area contributed by atoms with Gasteiger partial charge in [-0.25, -0.2) is 4.79 Å². The van der Waals surface area contributed by atoms with Crippen molar-refractivity contribution in [3.05, 3.63) is 52.6 Å². The average molecular weight is 372 g/mol. The Kier molecular flexibility index (Phi) is 6.22. The Morgan fingerprint density at radius 3 is 2.77 bits per heavy atom. The van der Waals surface area contributed by atoms with Gasteiger partial charge in [0.15, 0.2) is 0 Å². The number of ether oxygens (including phenoxy) is 3. The summed E-state index contributed by atoms with van der Waals surface area (Å²) in [6.45, 7) is 3.84. The van der Waals surface area contributed by atoms with Crippen LogP contribution < -0.4 is 4.74 Å². The maximum atomic E-state index is 11.9. The standard InChI is InChI=1S/C21H24O4S/c1-14-9-18(25-7-4-8-26-3)10-17-13-24-12-16-6-5-15(21(22)23-2)11-19(16)20(14)17/h5-6,9-11H,4,7-8,12-13H2,1-3H3. The van der Waals surface area contributed by atoms with E-state index >= 15 is 0 Å². The summed E-state index contributed by atoms with van der Waals surface area (Å²) in [6.07, 6.45) is 3.13. The molecule has 0 saturated carbocycles. The fourth-order valence-corrected chi connectivity index (χ4v) is 3.66. The van der Waals surface area contributed by atoms with Gasteiger partial charge in [0.05, 0.1) is 32.5 Å². The quantitative estimate of drug-likeness (QED) is 0.547. The summed E-state index contributed by atoms with van der Waals surface area (Å²) < 4.78 is 16.6. The second-order valence-corrected chi connectivity index (χ2v) is 7.31. The molecule has 2 aromatic carbocycles. The lowest BCUT2D eigenvalue weighted by atomic mass is 9.91. The molecule has 1 aliphatic rings. The average Bonchev–Trinajstić information content (AvgIpc) is 2.83. The summed E-state index contributed by atoms with van der Waals surface area (Å²) in [4.78, 5) is 11.9. The van der Waals surface area contributed by atoms with Crippen LogP contribution in [0.3, 0.4) is 0 Å². The first-order valence-electron chi connectivity index (χ1n) is 8.68. The van der Waals surface area contributed by atoms with Crippen LogP contribution in [-0.4, -0.2) is 31.7 Å². The number of benzene rings is 2. The summed E-state index contributed by atoms with van der Waals surface area (Å²) in [5.74, 6) is 1.64. The Labute approximate surface area is 158 Å². The maximum Gasteiger partial charge on any atom is 0.337 e. The lowest BCUT2D eigenvalue weighted by Gasteiger charge is -2.15. The van der Waals surface area contributed by atoms with Crippen molar-refractivity contribution in [2.45, 2.75) is 26.6 Å². The van der Waals surface area contributed by atoms with Crippen molar-refractivity contribution in [3.63, 3.8) is 0 Å². The summed E-state index contributed by atoms with van der Waals surface area (Å²) >= 11 is 1.83. The number of hydrogen-bond donors (Lipinski definition) is 0. The molecule has 0 unspecified atom stereocenters. The van der Waals surface area contributed by atoms with Crippen LogP contribution in [0.1, 0.15) is 33.5 Å². The lowest BCUT2D eigenvalue weighted by molar-refractivity contribution is 0.0600. The Morgan fingerprint density at radius 1 is 1.19 bits per heavy atom. The first-order valence-corrected chi connectivity index (χ1v) is 10.1. The fourth-order valence-electron chi connectivity index (χ4n) is 3.25. The number of thioether (sulfide) groups is 1. The van der Waals surface area contributed by atoms with Gasteiger partial charge in [-0.15, -0.1) is 0 Å². The van der Waals surface area contributed by atoms with Gasteiger partial charge in [-0.1, -0.05) is 6.07 Å². The number of aryl methyl sites for hydroxylation is 1. The molecule has 0 saturated heterocycles. The van der Waals surface area contributed by atoms with E-state index in [1.807, 2.05) is 23.9 Å². The lowest BCUT2D eigenvalue weighted by Crippen LogP contribution is -2.03. The first kappa shape index (κ1) is 18.8. The number of esters is 1. The van der Waals surface area contributed by atoms with Crippen molar-refractivity contribution in [3.8, 4) is 16.9 Å².